The van der Waals surface area contributed by atoms with Crippen molar-refractivity contribution in [3.63, 3.8) is 0 Å². The smallest absolute Gasteiger partial charge is 0.151 e. The summed E-state index contributed by atoms with van der Waals surface area (Å²) in [5.74, 6) is 4.07. The largest absolute Gasteiger partial charge is 0.398 e. The van der Waals surface area contributed by atoms with Crippen molar-refractivity contribution in [2.24, 2.45) is 11.6 Å². The van der Waals surface area contributed by atoms with Crippen LogP contribution in [0.25, 0.3) is 0 Å². The van der Waals surface area contributed by atoms with Gasteiger partial charge in [-0.25, -0.2) is 14.6 Å². The summed E-state index contributed by atoms with van der Waals surface area (Å²) >= 11 is 0. The van der Waals surface area contributed by atoms with Gasteiger partial charge in [0, 0.05) is 18.0 Å². The van der Waals surface area contributed by atoms with Crippen molar-refractivity contribution in [2.45, 2.75) is 0 Å². The Morgan fingerprint density at radius 3 is 2.60 bits per heavy atom. The van der Waals surface area contributed by atoms with Crippen LogP contribution in [0.2, 0.25) is 0 Å². The Kier molecular flexibility index (Phi) is 3.41. The second kappa shape index (κ2) is 4.56. The predicted octanol–water partition coefficient (Wildman–Crippen LogP) is 1.63. The first kappa shape index (κ1) is 11.2. The number of anilines is 1. The van der Waals surface area contributed by atoms with Crippen LogP contribution in [-0.2, 0) is 0 Å². The van der Waals surface area contributed by atoms with Gasteiger partial charge in [0.05, 0.1) is 5.69 Å². The molecule has 0 atom stereocenters. The van der Waals surface area contributed by atoms with E-state index >= 15 is 0 Å². The van der Waals surface area contributed by atoms with Gasteiger partial charge in [-0.3, -0.25) is 5.01 Å². The summed E-state index contributed by atoms with van der Waals surface area (Å²) in [4.78, 5) is 0. The molecule has 1 aromatic rings. The number of halogens is 2. The quantitative estimate of drug-likeness (QED) is 0.454. The lowest BCUT2D eigenvalue weighted by Gasteiger charge is -2.14. The van der Waals surface area contributed by atoms with Gasteiger partial charge in [0.25, 0.3) is 0 Å². The summed E-state index contributed by atoms with van der Waals surface area (Å²) in [6.45, 7) is 3.41. The van der Waals surface area contributed by atoms with E-state index in [0.717, 1.165) is 17.1 Å². The van der Waals surface area contributed by atoms with Crippen LogP contribution in [0.5, 0.6) is 0 Å². The molecule has 0 saturated carbocycles. The topological polar surface area (TPSA) is 55.3 Å². The van der Waals surface area contributed by atoms with E-state index in [0.29, 0.717) is 0 Å². The molecule has 0 bridgehead atoms. The molecule has 1 rings (SSSR count). The lowest BCUT2D eigenvalue weighted by Crippen LogP contribution is -2.26. The molecule has 0 amide bonds. The first-order chi connectivity index (χ1) is 7.04. The molecular formula is C10H11F2N3. The molecule has 4 N–H and O–H groups in total. The molecule has 0 fully saturated rings. The van der Waals surface area contributed by atoms with Gasteiger partial charge in [0.1, 0.15) is 5.82 Å². The van der Waals surface area contributed by atoms with E-state index in [4.69, 9.17) is 11.6 Å². The molecule has 0 aliphatic carbocycles. The molecule has 15 heavy (non-hydrogen) atoms. The SMILES string of the molecule is C=C/C(N)=C/N(N)c1ccc(F)cc1F. The van der Waals surface area contributed by atoms with Crippen LogP contribution >= 0.6 is 0 Å². The minimum Gasteiger partial charge on any atom is -0.398 e. The van der Waals surface area contributed by atoms with Gasteiger partial charge in [0.2, 0.25) is 0 Å². The van der Waals surface area contributed by atoms with Crippen molar-refractivity contribution < 1.29 is 8.78 Å². The van der Waals surface area contributed by atoms with Gasteiger partial charge >= 0.3 is 0 Å². The maximum atomic E-state index is 13.2. The van der Waals surface area contributed by atoms with Crippen LogP contribution in [0.4, 0.5) is 14.5 Å². The average Bonchev–Trinajstić information content (AvgIpc) is 2.17. The van der Waals surface area contributed by atoms with Crippen LogP contribution in [0, 0.1) is 11.6 Å². The van der Waals surface area contributed by atoms with E-state index in [1.807, 2.05) is 0 Å². The number of nitrogens with two attached hydrogens (primary N) is 2. The van der Waals surface area contributed by atoms with E-state index in [9.17, 15) is 8.78 Å². The second-order valence-electron chi connectivity index (χ2n) is 2.84. The summed E-state index contributed by atoms with van der Waals surface area (Å²) in [5, 5.41) is 0.964. The van der Waals surface area contributed by atoms with Gasteiger partial charge in [-0.15, -0.1) is 0 Å². The third kappa shape index (κ3) is 2.78. The Balaban J connectivity index is 3.01. The van der Waals surface area contributed by atoms with Crippen molar-refractivity contribution in [3.8, 4) is 0 Å². The summed E-state index contributed by atoms with van der Waals surface area (Å²) < 4.78 is 25.8. The first-order valence-electron chi connectivity index (χ1n) is 4.13. The number of benzene rings is 1. The molecular weight excluding hydrogens is 200 g/mol. The summed E-state index contributed by atoms with van der Waals surface area (Å²) in [6, 6.07) is 3.07. The maximum absolute atomic E-state index is 13.2. The van der Waals surface area contributed by atoms with Crippen molar-refractivity contribution in [1.29, 1.82) is 0 Å². The van der Waals surface area contributed by atoms with Crippen molar-refractivity contribution >= 4 is 5.69 Å². The summed E-state index contributed by atoms with van der Waals surface area (Å²) in [7, 11) is 0. The predicted molar refractivity (Wildman–Crippen MR) is 55.5 cm³/mol. The highest BCUT2D eigenvalue weighted by molar-refractivity contribution is 5.49. The molecule has 5 heteroatoms. The molecule has 0 aliphatic heterocycles. The zero-order valence-corrected chi connectivity index (χ0v) is 7.95. The van der Waals surface area contributed by atoms with Crippen LogP contribution in [0.1, 0.15) is 0 Å². The Labute approximate surface area is 86.3 Å². The van der Waals surface area contributed by atoms with Gasteiger partial charge in [-0.2, -0.15) is 0 Å². The Morgan fingerprint density at radius 1 is 1.40 bits per heavy atom. The van der Waals surface area contributed by atoms with Gasteiger partial charge in [-0.1, -0.05) is 6.58 Å². The minimum atomic E-state index is -0.759. The summed E-state index contributed by atoms with van der Waals surface area (Å²) in [6.07, 6.45) is 2.64. The second-order valence-corrected chi connectivity index (χ2v) is 2.84. The highest BCUT2D eigenvalue weighted by Crippen LogP contribution is 2.18. The Bertz CT molecular complexity index is 402. The third-order valence-corrected chi connectivity index (χ3v) is 1.71. The molecule has 0 spiro atoms. The van der Waals surface area contributed by atoms with Gasteiger partial charge < -0.3 is 5.73 Å². The fourth-order valence-electron chi connectivity index (χ4n) is 0.974. The van der Waals surface area contributed by atoms with E-state index in [1.54, 1.807) is 0 Å². The Morgan fingerprint density at radius 2 is 2.07 bits per heavy atom. The normalized spacial score (nSPS) is 11.3. The van der Waals surface area contributed by atoms with Crippen LogP contribution in [0.3, 0.4) is 0 Å². The highest BCUT2D eigenvalue weighted by atomic mass is 19.1. The lowest BCUT2D eigenvalue weighted by atomic mass is 10.3. The molecule has 0 saturated heterocycles. The van der Waals surface area contributed by atoms with Crippen molar-refractivity contribution in [2.75, 3.05) is 5.01 Å². The van der Waals surface area contributed by atoms with Crippen molar-refractivity contribution in [1.82, 2.24) is 0 Å². The van der Waals surface area contributed by atoms with E-state index in [-0.39, 0.29) is 11.4 Å². The number of rotatable bonds is 3. The molecule has 0 aromatic heterocycles. The van der Waals surface area contributed by atoms with Crippen LogP contribution < -0.4 is 16.6 Å². The molecule has 0 unspecified atom stereocenters. The zero-order valence-electron chi connectivity index (χ0n) is 7.95. The summed E-state index contributed by atoms with van der Waals surface area (Å²) in [5.41, 5.74) is 5.72. The van der Waals surface area contributed by atoms with Crippen molar-refractivity contribution in [3.05, 3.63) is 54.4 Å². The van der Waals surface area contributed by atoms with Gasteiger partial charge in [0.15, 0.2) is 5.82 Å². The fraction of sp³-hybridized carbons (Fsp3) is 0. The Hall–Kier alpha value is -1.88. The number of hydrazine groups is 1. The number of hydrogen-bond acceptors (Lipinski definition) is 3. The molecule has 3 nitrogen and oxygen atoms in total. The number of allylic oxidation sites excluding steroid dienone is 1. The fourth-order valence-corrected chi connectivity index (χ4v) is 0.974. The average molecular weight is 211 g/mol. The number of hydrogen-bond donors (Lipinski definition) is 2. The molecule has 0 radical (unpaired) electrons. The monoisotopic (exact) mass is 211 g/mol. The molecule has 1 aromatic carbocycles. The van der Waals surface area contributed by atoms with Gasteiger partial charge in [-0.05, 0) is 18.2 Å². The van der Waals surface area contributed by atoms with E-state index < -0.39 is 11.6 Å². The van der Waals surface area contributed by atoms with Crippen LogP contribution in [0.15, 0.2) is 42.8 Å². The molecule has 0 aliphatic rings. The standard InChI is InChI=1S/C10H11F2N3/c1-2-8(13)6-15(14)10-4-3-7(11)5-9(10)12/h2-6H,1,13-14H2/b8-6-. The zero-order chi connectivity index (χ0) is 11.4. The highest BCUT2D eigenvalue weighted by Gasteiger charge is 2.07. The lowest BCUT2D eigenvalue weighted by molar-refractivity contribution is 0.582. The van der Waals surface area contributed by atoms with Crippen LogP contribution in [-0.4, -0.2) is 0 Å². The minimum absolute atomic E-state index is 0.0289. The maximum Gasteiger partial charge on any atom is 0.151 e. The van der Waals surface area contributed by atoms with E-state index in [2.05, 4.69) is 6.58 Å². The molecule has 80 valence electrons. The third-order valence-electron chi connectivity index (χ3n) is 1.71. The molecule has 0 heterocycles. The first-order valence-corrected chi connectivity index (χ1v) is 4.13. The number of nitrogens with zero attached hydrogens (tertiary/aromatic N) is 1. The van der Waals surface area contributed by atoms with E-state index in [1.165, 1.54) is 18.3 Å².